The van der Waals surface area contributed by atoms with Gasteiger partial charge in [-0.3, -0.25) is 4.39 Å². The minimum absolute atomic E-state index is 0.295. The maximum atomic E-state index is 11.9. The third-order valence-electron chi connectivity index (χ3n) is 2.21. The zero-order valence-corrected chi connectivity index (χ0v) is 9.57. The van der Waals surface area contributed by atoms with E-state index in [1.54, 1.807) is 32.2 Å². The first kappa shape index (κ1) is 12.8. The predicted octanol–water partition coefficient (Wildman–Crippen LogP) is 2.49. The lowest BCUT2D eigenvalue weighted by Crippen LogP contribution is -2.03. The van der Waals surface area contributed by atoms with Crippen LogP contribution in [0, 0.1) is 0 Å². The van der Waals surface area contributed by atoms with E-state index in [9.17, 15) is 9.50 Å². The molecule has 0 aliphatic rings. The summed E-state index contributed by atoms with van der Waals surface area (Å²) in [4.78, 5) is 0. The predicted molar refractivity (Wildman–Crippen MR) is 59.7 cm³/mol. The van der Waals surface area contributed by atoms with E-state index in [1.165, 1.54) is 0 Å². The molecule has 16 heavy (non-hydrogen) atoms. The molecule has 0 aromatic heterocycles. The van der Waals surface area contributed by atoms with E-state index in [0.717, 1.165) is 0 Å². The van der Waals surface area contributed by atoms with Crippen molar-refractivity contribution in [2.24, 2.45) is 0 Å². The lowest BCUT2D eigenvalue weighted by atomic mass is 10.1. The molecule has 0 bridgehead atoms. The van der Waals surface area contributed by atoms with Crippen LogP contribution in [0.25, 0.3) is 0 Å². The highest BCUT2D eigenvalue weighted by atomic mass is 19.1. The second-order valence-electron chi connectivity index (χ2n) is 3.47. The number of ether oxygens (including phenoxy) is 2. The summed E-state index contributed by atoms with van der Waals surface area (Å²) in [6, 6.07) is 5.19. The molecule has 0 saturated heterocycles. The Morgan fingerprint density at radius 2 is 2.19 bits per heavy atom. The fraction of sp³-hybridized carbons (Fsp3) is 0.500. The van der Waals surface area contributed by atoms with Gasteiger partial charge in [0.05, 0.1) is 26.5 Å². The van der Waals surface area contributed by atoms with Crippen molar-refractivity contribution in [1.29, 1.82) is 0 Å². The Labute approximate surface area is 94.8 Å². The molecular formula is C12H17FO3. The van der Waals surface area contributed by atoms with E-state index in [4.69, 9.17) is 9.47 Å². The lowest BCUT2D eigenvalue weighted by Gasteiger charge is -2.14. The maximum Gasteiger partial charge on any atom is 0.128 e. The molecule has 0 amide bonds. The first-order chi connectivity index (χ1) is 7.69. The second kappa shape index (κ2) is 6.33. The average molecular weight is 228 g/mol. The van der Waals surface area contributed by atoms with Gasteiger partial charge in [0.1, 0.15) is 11.5 Å². The molecule has 1 rings (SSSR count). The van der Waals surface area contributed by atoms with Crippen molar-refractivity contribution in [2.75, 3.05) is 20.4 Å². The van der Waals surface area contributed by atoms with Gasteiger partial charge in [0.15, 0.2) is 0 Å². The number of hydrogen-bond acceptors (Lipinski definition) is 3. The van der Waals surface area contributed by atoms with E-state index in [1.807, 2.05) is 0 Å². The van der Waals surface area contributed by atoms with Crippen molar-refractivity contribution in [3.05, 3.63) is 23.8 Å². The van der Waals surface area contributed by atoms with Gasteiger partial charge in [-0.05, 0) is 19.1 Å². The number of aliphatic hydroxyl groups excluding tert-OH is 1. The van der Waals surface area contributed by atoms with Crippen LogP contribution in [0.15, 0.2) is 18.2 Å². The first-order valence-corrected chi connectivity index (χ1v) is 5.23. The summed E-state index contributed by atoms with van der Waals surface area (Å²) >= 11 is 0. The summed E-state index contributed by atoms with van der Waals surface area (Å²) in [7, 11) is 1.56. The van der Waals surface area contributed by atoms with Gasteiger partial charge in [0.25, 0.3) is 0 Å². The van der Waals surface area contributed by atoms with Gasteiger partial charge in [0.2, 0.25) is 0 Å². The monoisotopic (exact) mass is 228 g/mol. The van der Waals surface area contributed by atoms with Crippen LogP contribution < -0.4 is 9.47 Å². The minimum atomic E-state index is -0.619. The Morgan fingerprint density at radius 1 is 1.44 bits per heavy atom. The molecule has 0 aliphatic carbocycles. The third-order valence-corrected chi connectivity index (χ3v) is 2.21. The maximum absolute atomic E-state index is 11.9. The number of aliphatic hydroxyl groups is 1. The molecule has 3 nitrogen and oxygen atoms in total. The molecule has 1 atom stereocenters. The molecule has 1 N–H and O–H groups in total. The quantitative estimate of drug-likeness (QED) is 0.760. The molecule has 0 radical (unpaired) electrons. The van der Waals surface area contributed by atoms with Crippen molar-refractivity contribution < 1.29 is 19.0 Å². The van der Waals surface area contributed by atoms with Gasteiger partial charge in [-0.15, -0.1) is 0 Å². The fourth-order valence-corrected chi connectivity index (χ4v) is 1.35. The third kappa shape index (κ3) is 3.38. The molecule has 0 fully saturated rings. The lowest BCUT2D eigenvalue weighted by molar-refractivity contribution is 0.190. The molecule has 0 aliphatic heterocycles. The van der Waals surface area contributed by atoms with E-state index in [2.05, 4.69) is 0 Å². The molecule has 0 unspecified atom stereocenters. The van der Waals surface area contributed by atoms with Crippen LogP contribution in [-0.4, -0.2) is 25.5 Å². The van der Waals surface area contributed by atoms with Gasteiger partial charge in [0, 0.05) is 18.1 Å². The van der Waals surface area contributed by atoms with Crippen LogP contribution in [0.5, 0.6) is 11.5 Å². The number of methoxy groups -OCH3 is 1. The summed E-state index contributed by atoms with van der Waals surface area (Å²) in [6.45, 7) is 1.54. The van der Waals surface area contributed by atoms with Crippen molar-refractivity contribution in [3.63, 3.8) is 0 Å². The summed E-state index contributed by atoms with van der Waals surface area (Å²) < 4.78 is 22.4. The summed E-state index contributed by atoms with van der Waals surface area (Å²) in [5, 5.41) is 9.53. The highest BCUT2D eigenvalue weighted by Crippen LogP contribution is 2.29. The number of halogens is 1. The van der Waals surface area contributed by atoms with Crippen molar-refractivity contribution in [3.8, 4) is 11.5 Å². The molecule has 1 aromatic carbocycles. The summed E-state index contributed by atoms with van der Waals surface area (Å²) in [5.74, 6) is 1.20. The Bertz CT molecular complexity index is 326. The first-order valence-electron chi connectivity index (χ1n) is 5.23. The topological polar surface area (TPSA) is 38.7 Å². The number of hydrogen-bond donors (Lipinski definition) is 1. The molecule has 1 aromatic rings. The smallest absolute Gasteiger partial charge is 0.128 e. The fourth-order valence-electron chi connectivity index (χ4n) is 1.35. The van der Waals surface area contributed by atoms with Gasteiger partial charge in [-0.2, -0.15) is 0 Å². The molecule has 0 saturated carbocycles. The highest BCUT2D eigenvalue weighted by Gasteiger charge is 2.10. The van der Waals surface area contributed by atoms with Crippen molar-refractivity contribution in [1.82, 2.24) is 0 Å². The molecule has 0 spiro atoms. The van der Waals surface area contributed by atoms with Crippen LogP contribution in [-0.2, 0) is 0 Å². The van der Waals surface area contributed by atoms with Crippen LogP contribution in [0.1, 0.15) is 25.0 Å². The van der Waals surface area contributed by atoms with E-state index in [-0.39, 0.29) is 0 Å². The van der Waals surface area contributed by atoms with Crippen LogP contribution in [0.4, 0.5) is 4.39 Å². The Balaban J connectivity index is 2.83. The van der Waals surface area contributed by atoms with E-state index < -0.39 is 12.8 Å². The number of alkyl halides is 1. The SMILES string of the molecule is COc1ccc([C@@H](C)O)c(OCCCF)c1. The number of rotatable bonds is 6. The van der Waals surface area contributed by atoms with Crippen LogP contribution in [0.3, 0.4) is 0 Å². The van der Waals surface area contributed by atoms with Crippen molar-refractivity contribution in [2.45, 2.75) is 19.4 Å². The molecule has 4 heteroatoms. The van der Waals surface area contributed by atoms with E-state index >= 15 is 0 Å². The zero-order chi connectivity index (χ0) is 12.0. The number of benzene rings is 1. The normalized spacial score (nSPS) is 12.2. The van der Waals surface area contributed by atoms with Crippen LogP contribution >= 0.6 is 0 Å². The Morgan fingerprint density at radius 3 is 2.75 bits per heavy atom. The van der Waals surface area contributed by atoms with E-state index in [0.29, 0.717) is 30.1 Å². The van der Waals surface area contributed by atoms with Gasteiger partial charge < -0.3 is 14.6 Å². The molecule has 90 valence electrons. The average Bonchev–Trinajstić information content (AvgIpc) is 2.29. The zero-order valence-electron chi connectivity index (χ0n) is 9.57. The minimum Gasteiger partial charge on any atom is -0.497 e. The molecule has 0 heterocycles. The van der Waals surface area contributed by atoms with Crippen molar-refractivity contribution >= 4 is 0 Å². The van der Waals surface area contributed by atoms with Gasteiger partial charge in [-0.25, -0.2) is 0 Å². The second-order valence-corrected chi connectivity index (χ2v) is 3.47. The largest absolute Gasteiger partial charge is 0.497 e. The summed E-state index contributed by atoms with van der Waals surface area (Å²) in [5.41, 5.74) is 0.680. The molecular weight excluding hydrogens is 211 g/mol. The van der Waals surface area contributed by atoms with Gasteiger partial charge in [-0.1, -0.05) is 0 Å². The highest BCUT2D eigenvalue weighted by molar-refractivity contribution is 5.41. The standard InChI is InChI=1S/C12H17FO3/c1-9(14)11-5-4-10(15-2)8-12(11)16-7-3-6-13/h4-5,8-9,14H,3,6-7H2,1-2H3/t9-/m1/s1. The Kier molecular flexibility index (Phi) is 5.05. The van der Waals surface area contributed by atoms with Gasteiger partial charge >= 0.3 is 0 Å². The summed E-state index contributed by atoms with van der Waals surface area (Å²) in [6.07, 6.45) is -0.275. The van der Waals surface area contributed by atoms with Crippen LogP contribution in [0.2, 0.25) is 0 Å². The Hall–Kier alpha value is -1.29.